The van der Waals surface area contributed by atoms with Crippen LogP contribution in [-0.2, 0) is 0 Å². The lowest BCUT2D eigenvalue weighted by Crippen LogP contribution is -2.09. The van der Waals surface area contributed by atoms with Gasteiger partial charge in [-0.15, -0.1) is 11.3 Å². The molecule has 3 rings (SSSR count). The Kier molecular flexibility index (Phi) is 2.80. The fourth-order valence-corrected chi connectivity index (χ4v) is 3.69. The number of fused-ring (bicyclic) bond motifs is 1. The van der Waals surface area contributed by atoms with E-state index in [1.807, 2.05) is 37.3 Å². The van der Waals surface area contributed by atoms with E-state index in [1.54, 1.807) is 11.3 Å². The van der Waals surface area contributed by atoms with Gasteiger partial charge in [-0.2, -0.15) is 5.10 Å². The summed E-state index contributed by atoms with van der Waals surface area (Å²) in [5.74, 6) is 0. The second-order valence-corrected chi connectivity index (χ2v) is 6.60. The van der Waals surface area contributed by atoms with Gasteiger partial charge < -0.3 is 0 Å². The van der Waals surface area contributed by atoms with Crippen LogP contribution in [0.5, 0.6) is 0 Å². The Morgan fingerprint density at radius 1 is 1.28 bits per heavy atom. The summed E-state index contributed by atoms with van der Waals surface area (Å²) in [6.07, 6.45) is 0. The van der Waals surface area contributed by atoms with E-state index in [0.717, 1.165) is 20.4 Å². The van der Waals surface area contributed by atoms with Gasteiger partial charge in [0.2, 0.25) is 0 Å². The van der Waals surface area contributed by atoms with Gasteiger partial charge in [-0.05, 0) is 35.0 Å². The van der Waals surface area contributed by atoms with Crippen molar-refractivity contribution in [2.45, 2.75) is 6.92 Å². The molecule has 90 valence electrons. The number of nitrogens with one attached hydrogen (secondary N) is 1. The van der Waals surface area contributed by atoms with E-state index in [4.69, 9.17) is 0 Å². The van der Waals surface area contributed by atoms with Gasteiger partial charge >= 0.3 is 0 Å². The van der Waals surface area contributed by atoms with Crippen LogP contribution in [0.4, 0.5) is 0 Å². The average Bonchev–Trinajstić information content (AvgIpc) is 2.69. The summed E-state index contributed by atoms with van der Waals surface area (Å²) < 4.78 is 1.06. The molecule has 0 atom stereocenters. The molecule has 2 aromatic heterocycles. The third-order valence-corrected chi connectivity index (χ3v) is 4.39. The maximum Gasteiger partial charge on any atom is 0.272 e. The molecule has 0 aliphatic carbocycles. The van der Waals surface area contributed by atoms with Crippen molar-refractivity contribution in [3.63, 3.8) is 0 Å². The van der Waals surface area contributed by atoms with Gasteiger partial charge in [-0.3, -0.25) is 4.79 Å². The molecule has 3 aromatic rings. The maximum atomic E-state index is 11.7. The van der Waals surface area contributed by atoms with Crippen molar-refractivity contribution in [1.82, 2.24) is 10.2 Å². The van der Waals surface area contributed by atoms with E-state index < -0.39 is 0 Å². The number of halogens is 1. The van der Waals surface area contributed by atoms with Crippen LogP contribution in [0.3, 0.4) is 0 Å². The topological polar surface area (TPSA) is 45.8 Å². The number of aromatic nitrogens is 2. The molecule has 0 fully saturated rings. The lowest BCUT2D eigenvalue weighted by atomic mass is 10.1. The highest BCUT2D eigenvalue weighted by molar-refractivity contribution is 9.11. The molecule has 3 nitrogen and oxygen atoms in total. The van der Waals surface area contributed by atoms with Crippen molar-refractivity contribution in [1.29, 1.82) is 0 Å². The Bertz CT molecular complexity index is 791. The van der Waals surface area contributed by atoms with Gasteiger partial charge in [0.05, 0.1) is 14.9 Å². The van der Waals surface area contributed by atoms with Crippen LogP contribution in [0.2, 0.25) is 0 Å². The highest BCUT2D eigenvalue weighted by atomic mass is 79.9. The Labute approximate surface area is 116 Å². The summed E-state index contributed by atoms with van der Waals surface area (Å²) in [7, 11) is 0. The van der Waals surface area contributed by atoms with E-state index in [-0.39, 0.29) is 5.56 Å². The molecule has 2 heterocycles. The average molecular weight is 321 g/mol. The van der Waals surface area contributed by atoms with E-state index in [9.17, 15) is 4.79 Å². The van der Waals surface area contributed by atoms with E-state index in [0.29, 0.717) is 5.39 Å². The molecule has 0 aliphatic heterocycles. The number of hydrogen-bond donors (Lipinski definition) is 1. The van der Waals surface area contributed by atoms with Gasteiger partial charge in [-0.1, -0.05) is 18.2 Å². The smallest absolute Gasteiger partial charge is 0.267 e. The highest BCUT2D eigenvalue weighted by Gasteiger charge is 2.12. The van der Waals surface area contributed by atoms with E-state index >= 15 is 0 Å². The summed E-state index contributed by atoms with van der Waals surface area (Å²) >= 11 is 5.14. The van der Waals surface area contributed by atoms with Crippen LogP contribution in [0.1, 0.15) is 4.88 Å². The molecule has 0 unspecified atom stereocenters. The molecule has 0 saturated carbocycles. The minimum absolute atomic E-state index is 0.152. The van der Waals surface area contributed by atoms with Crippen LogP contribution < -0.4 is 5.56 Å². The van der Waals surface area contributed by atoms with Crippen molar-refractivity contribution in [3.05, 3.63) is 49.3 Å². The number of H-pyrrole nitrogens is 1. The van der Waals surface area contributed by atoms with Gasteiger partial charge in [0.25, 0.3) is 5.56 Å². The molecular formula is C13H9BrN2OS. The third-order valence-electron chi connectivity index (χ3n) is 2.84. The van der Waals surface area contributed by atoms with Crippen molar-refractivity contribution >= 4 is 38.0 Å². The number of hydrogen-bond acceptors (Lipinski definition) is 3. The molecule has 0 saturated heterocycles. The van der Waals surface area contributed by atoms with Crippen molar-refractivity contribution in [3.8, 4) is 11.3 Å². The first-order valence-corrected chi connectivity index (χ1v) is 7.01. The van der Waals surface area contributed by atoms with Crippen LogP contribution in [-0.4, -0.2) is 10.2 Å². The summed E-state index contributed by atoms with van der Waals surface area (Å²) in [4.78, 5) is 12.9. The zero-order valence-electron chi connectivity index (χ0n) is 9.53. The quantitative estimate of drug-likeness (QED) is 0.742. The number of rotatable bonds is 1. The van der Waals surface area contributed by atoms with E-state index in [1.165, 1.54) is 4.88 Å². The Balaban J connectivity index is 2.40. The number of nitrogens with zero attached hydrogens (tertiary/aromatic N) is 1. The number of benzene rings is 1. The van der Waals surface area contributed by atoms with Gasteiger partial charge in [0.1, 0.15) is 0 Å². The first-order valence-electron chi connectivity index (χ1n) is 5.40. The second-order valence-electron chi connectivity index (χ2n) is 3.97. The molecule has 1 aromatic carbocycles. The normalized spacial score (nSPS) is 11.0. The Morgan fingerprint density at radius 2 is 2.00 bits per heavy atom. The van der Waals surface area contributed by atoms with Crippen molar-refractivity contribution < 1.29 is 0 Å². The minimum atomic E-state index is -0.152. The van der Waals surface area contributed by atoms with E-state index in [2.05, 4.69) is 26.1 Å². The monoisotopic (exact) mass is 320 g/mol. The molecule has 0 amide bonds. The van der Waals surface area contributed by atoms with Gasteiger partial charge in [0.15, 0.2) is 0 Å². The van der Waals surface area contributed by atoms with Crippen molar-refractivity contribution in [2.24, 2.45) is 0 Å². The molecular weight excluding hydrogens is 312 g/mol. The molecule has 0 aliphatic rings. The largest absolute Gasteiger partial charge is 0.272 e. The Morgan fingerprint density at radius 3 is 2.67 bits per heavy atom. The number of aromatic amines is 1. The van der Waals surface area contributed by atoms with Gasteiger partial charge in [0, 0.05) is 15.8 Å². The number of thiophene rings is 1. The standard InChI is InChI=1S/C13H9BrN2OS/c1-7-10(6-11(14)18-7)12-8-4-2-3-5-9(8)13(17)16-15-12/h2-6H,1H3,(H,16,17). The fourth-order valence-electron chi connectivity index (χ4n) is 2.00. The van der Waals surface area contributed by atoms with Crippen LogP contribution in [0.15, 0.2) is 38.9 Å². The zero-order chi connectivity index (χ0) is 12.7. The molecule has 0 radical (unpaired) electrons. The number of aryl methyl sites for hydroxylation is 1. The lowest BCUT2D eigenvalue weighted by Gasteiger charge is -2.03. The summed E-state index contributed by atoms with van der Waals surface area (Å²) in [6, 6.07) is 9.56. The Hall–Kier alpha value is -1.46. The zero-order valence-corrected chi connectivity index (χ0v) is 11.9. The summed E-state index contributed by atoms with van der Waals surface area (Å²) in [6.45, 7) is 2.05. The van der Waals surface area contributed by atoms with Gasteiger partial charge in [-0.25, -0.2) is 5.10 Å². The summed E-state index contributed by atoms with van der Waals surface area (Å²) in [5.41, 5.74) is 1.73. The molecule has 0 spiro atoms. The molecule has 18 heavy (non-hydrogen) atoms. The first-order chi connectivity index (χ1) is 8.66. The van der Waals surface area contributed by atoms with Crippen molar-refractivity contribution in [2.75, 3.05) is 0 Å². The fraction of sp³-hybridized carbons (Fsp3) is 0.0769. The van der Waals surface area contributed by atoms with Crippen LogP contribution in [0, 0.1) is 6.92 Å². The predicted octanol–water partition coefficient (Wildman–Crippen LogP) is 3.72. The predicted molar refractivity (Wildman–Crippen MR) is 78.1 cm³/mol. The third kappa shape index (κ3) is 1.79. The lowest BCUT2D eigenvalue weighted by molar-refractivity contribution is 1.02. The molecule has 1 N–H and O–H groups in total. The second kappa shape index (κ2) is 4.33. The SMILES string of the molecule is Cc1sc(Br)cc1-c1n[nH]c(=O)c2ccccc12. The maximum absolute atomic E-state index is 11.7. The molecule has 5 heteroatoms. The first kappa shape index (κ1) is 11.6. The van der Waals surface area contributed by atoms with Crippen LogP contribution >= 0.6 is 27.3 Å². The molecule has 0 bridgehead atoms. The minimum Gasteiger partial charge on any atom is -0.267 e. The van der Waals surface area contributed by atoms with Crippen LogP contribution in [0.25, 0.3) is 22.0 Å². The highest BCUT2D eigenvalue weighted by Crippen LogP contribution is 2.35. The summed E-state index contributed by atoms with van der Waals surface area (Å²) in [5, 5.41) is 8.32.